The summed E-state index contributed by atoms with van der Waals surface area (Å²) < 4.78 is 0. The number of allylic oxidation sites excluding steroid dienone is 2. The Balaban J connectivity index is 0.000000305. The van der Waals surface area contributed by atoms with Gasteiger partial charge in [-0.1, -0.05) is 29.8 Å². The fourth-order valence-electron chi connectivity index (χ4n) is 4.51. The molecule has 170 valence electrons. The molecule has 1 aliphatic carbocycles. The number of aryl methyl sites for hydroxylation is 2. The normalized spacial score (nSPS) is 17.8. The van der Waals surface area contributed by atoms with Crippen LogP contribution in [0.4, 0.5) is 0 Å². The topological polar surface area (TPSA) is 73.1 Å². The van der Waals surface area contributed by atoms with Crippen LogP contribution >= 0.6 is 0 Å². The molecule has 1 spiro atoms. The number of aliphatic imine (C=N–C) groups is 1. The molecule has 5 heteroatoms. The van der Waals surface area contributed by atoms with E-state index >= 15 is 0 Å². The summed E-state index contributed by atoms with van der Waals surface area (Å²) in [5.41, 5.74) is 5.54. The molecular weight excluding hydrogens is 400 g/mol. The Morgan fingerprint density at radius 3 is 2.19 bits per heavy atom. The summed E-state index contributed by atoms with van der Waals surface area (Å²) in [4.78, 5) is 18.4. The zero-order valence-corrected chi connectivity index (χ0v) is 19.7. The molecule has 2 aliphatic rings. The second kappa shape index (κ2) is 9.60. The van der Waals surface area contributed by atoms with Crippen molar-refractivity contribution in [2.24, 2.45) is 16.3 Å². The highest BCUT2D eigenvalue weighted by molar-refractivity contribution is 5.98. The van der Waals surface area contributed by atoms with E-state index in [0.717, 1.165) is 31.6 Å². The fourth-order valence-corrected chi connectivity index (χ4v) is 4.51. The van der Waals surface area contributed by atoms with Crippen LogP contribution in [0.25, 0.3) is 0 Å². The summed E-state index contributed by atoms with van der Waals surface area (Å²) in [5, 5.41) is 19.3. The summed E-state index contributed by atoms with van der Waals surface area (Å²) in [6.45, 7) is 9.85. The Morgan fingerprint density at radius 2 is 1.66 bits per heavy atom. The van der Waals surface area contributed by atoms with Crippen LogP contribution in [0.15, 0.2) is 59.1 Å². The molecule has 1 saturated heterocycles. The molecule has 0 bridgehead atoms. The second-order valence-corrected chi connectivity index (χ2v) is 9.31. The van der Waals surface area contributed by atoms with Gasteiger partial charge in [-0.25, -0.2) is 0 Å². The van der Waals surface area contributed by atoms with Crippen molar-refractivity contribution in [3.63, 3.8) is 0 Å². The molecule has 0 unspecified atom stereocenters. The smallest absolute Gasteiger partial charge is 0.257 e. The van der Waals surface area contributed by atoms with E-state index in [2.05, 4.69) is 56.1 Å². The molecule has 4 rings (SSSR count). The van der Waals surface area contributed by atoms with Gasteiger partial charge < -0.3 is 15.1 Å². The Morgan fingerprint density at radius 1 is 1.06 bits per heavy atom. The lowest BCUT2D eigenvalue weighted by Crippen LogP contribution is -2.63. The Hall–Kier alpha value is -3.08. The molecule has 0 aromatic heterocycles. The molecule has 5 nitrogen and oxygen atoms in total. The van der Waals surface area contributed by atoms with E-state index < -0.39 is 0 Å². The molecule has 1 amide bonds. The van der Waals surface area contributed by atoms with Crippen LogP contribution in [0.5, 0.6) is 11.5 Å². The number of likely N-dealkylation sites (tertiary alicyclic amines) is 1. The van der Waals surface area contributed by atoms with Crippen molar-refractivity contribution in [1.82, 2.24) is 4.90 Å². The van der Waals surface area contributed by atoms with Gasteiger partial charge in [0, 0.05) is 31.3 Å². The van der Waals surface area contributed by atoms with E-state index in [1.54, 1.807) is 11.9 Å². The lowest BCUT2D eigenvalue weighted by Gasteiger charge is -2.59. The molecule has 1 heterocycles. The summed E-state index contributed by atoms with van der Waals surface area (Å²) in [5.74, 6) is 0.272. The SMILES string of the molecule is CN=C(C)/C=C(\C)C1CC2(C1)CN(C(=O)c1cc(O)ccc1O)C2.Cc1ccccc1C. The highest BCUT2D eigenvalue weighted by atomic mass is 16.3. The first-order valence-electron chi connectivity index (χ1n) is 11.1. The van der Waals surface area contributed by atoms with Crippen molar-refractivity contribution in [1.29, 1.82) is 0 Å². The molecule has 1 saturated carbocycles. The molecular formula is C27H34N2O3. The molecule has 2 N–H and O–H groups in total. The van der Waals surface area contributed by atoms with Gasteiger partial charge in [-0.2, -0.15) is 0 Å². The van der Waals surface area contributed by atoms with Gasteiger partial charge in [0.15, 0.2) is 0 Å². The number of carbonyl (C=O) groups excluding carboxylic acids is 1. The van der Waals surface area contributed by atoms with E-state index in [-0.39, 0.29) is 28.4 Å². The zero-order chi connectivity index (χ0) is 23.5. The van der Waals surface area contributed by atoms with Gasteiger partial charge in [0.1, 0.15) is 11.5 Å². The van der Waals surface area contributed by atoms with Gasteiger partial charge in [-0.3, -0.25) is 9.79 Å². The lowest BCUT2D eigenvalue weighted by atomic mass is 9.56. The highest BCUT2D eigenvalue weighted by Crippen LogP contribution is 2.54. The maximum atomic E-state index is 12.5. The van der Waals surface area contributed by atoms with Crippen molar-refractivity contribution in [3.05, 3.63) is 70.8 Å². The third kappa shape index (κ3) is 5.21. The van der Waals surface area contributed by atoms with Crippen LogP contribution in [0, 0.1) is 25.2 Å². The monoisotopic (exact) mass is 434 g/mol. The first-order valence-corrected chi connectivity index (χ1v) is 11.1. The lowest BCUT2D eigenvalue weighted by molar-refractivity contribution is -0.0665. The highest BCUT2D eigenvalue weighted by Gasteiger charge is 2.54. The average molecular weight is 435 g/mol. The first-order chi connectivity index (χ1) is 15.1. The summed E-state index contributed by atoms with van der Waals surface area (Å²) in [6.07, 6.45) is 4.34. The minimum atomic E-state index is -0.210. The third-order valence-electron chi connectivity index (χ3n) is 6.77. The van der Waals surface area contributed by atoms with Crippen LogP contribution in [0.1, 0.15) is 48.2 Å². The molecule has 2 aromatic carbocycles. The third-order valence-corrected chi connectivity index (χ3v) is 6.77. The number of carbonyl (C=O) groups is 1. The number of hydrogen-bond donors (Lipinski definition) is 2. The molecule has 1 aliphatic heterocycles. The van der Waals surface area contributed by atoms with E-state index in [4.69, 9.17) is 0 Å². The molecule has 32 heavy (non-hydrogen) atoms. The standard InChI is InChI=1S/C19H24N2O3.C8H10/c1-12(6-13(2)20-3)14-8-19(9-14)10-21(11-19)18(24)16-7-15(22)4-5-17(16)23;1-7-5-3-4-6-8(7)2/h4-7,14,22-23H,8-11H2,1-3H3;3-6H,1-2H3/b12-6+,20-13?;. The maximum absolute atomic E-state index is 12.5. The number of rotatable bonds is 3. The number of phenolic OH excluding ortho intramolecular Hbond substituents is 2. The van der Waals surface area contributed by atoms with Crippen molar-refractivity contribution in [2.45, 2.75) is 40.5 Å². The molecule has 2 fully saturated rings. The van der Waals surface area contributed by atoms with E-state index in [1.807, 2.05) is 6.92 Å². The van der Waals surface area contributed by atoms with E-state index in [0.29, 0.717) is 5.92 Å². The van der Waals surface area contributed by atoms with Crippen molar-refractivity contribution >= 4 is 11.6 Å². The van der Waals surface area contributed by atoms with Crippen molar-refractivity contribution in [3.8, 4) is 11.5 Å². The minimum Gasteiger partial charge on any atom is -0.508 e. The summed E-state index contributed by atoms with van der Waals surface area (Å²) >= 11 is 0. The summed E-state index contributed by atoms with van der Waals surface area (Å²) in [6, 6.07) is 12.4. The van der Waals surface area contributed by atoms with Crippen LogP contribution in [-0.2, 0) is 0 Å². The quantitative estimate of drug-likeness (QED) is 0.509. The Bertz CT molecular complexity index is 1020. The molecule has 0 radical (unpaired) electrons. The first kappa shape index (κ1) is 23.6. The minimum absolute atomic E-state index is 0.0104. The number of aromatic hydroxyl groups is 2. The van der Waals surface area contributed by atoms with Crippen molar-refractivity contribution < 1.29 is 15.0 Å². The van der Waals surface area contributed by atoms with Gasteiger partial charge in [0.25, 0.3) is 5.91 Å². The van der Waals surface area contributed by atoms with Gasteiger partial charge in [-0.15, -0.1) is 0 Å². The van der Waals surface area contributed by atoms with Crippen LogP contribution < -0.4 is 0 Å². The number of benzene rings is 2. The number of phenols is 2. The van der Waals surface area contributed by atoms with Crippen molar-refractivity contribution in [2.75, 3.05) is 20.1 Å². The fraction of sp³-hybridized carbons (Fsp3) is 0.407. The van der Waals surface area contributed by atoms with Crippen LogP contribution in [0.3, 0.4) is 0 Å². The van der Waals surface area contributed by atoms with Gasteiger partial charge >= 0.3 is 0 Å². The number of hydrogen-bond acceptors (Lipinski definition) is 4. The van der Waals surface area contributed by atoms with E-state index in [9.17, 15) is 15.0 Å². The Labute approximate surface area is 191 Å². The predicted molar refractivity (Wildman–Crippen MR) is 130 cm³/mol. The average Bonchev–Trinajstić information content (AvgIpc) is 2.70. The zero-order valence-electron chi connectivity index (χ0n) is 19.7. The van der Waals surface area contributed by atoms with Gasteiger partial charge in [0.2, 0.25) is 0 Å². The summed E-state index contributed by atoms with van der Waals surface area (Å²) in [7, 11) is 1.80. The molecule has 0 atom stereocenters. The van der Waals surface area contributed by atoms with Gasteiger partial charge in [0.05, 0.1) is 5.56 Å². The van der Waals surface area contributed by atoms with E-state index in [1.165, 1.54) is 34.9 Å². The van der Waals surface area contributed by atoms with Gasteiger partial charge in [-0.05, 0) is 81.9 Å². The second-order valence-electron chi connectivity index (χ2n) is 9.31. The van der Waals surface area contributed by atoms with Crippen LogP contribution in [0.2, 0.25) is 0 Å². The predicted octanol–water partition coefficient (Wildman–Crippen LogP) is 5.29. The maximum Gasteiger partial charge on any atom is 0.257 e. The molecule has 2 aromatic rings. The number of amides is 1. The largest absolute Gasteiger partial charge is 0.508 e. The van der Waals surface area contributed by atoms with Crippen LogP contribution in [-0.4, -0.2) is 46.9 Å². The Kier molecular flexibility index (Phi) is 7.07. The number of nitrogens with zero attached hydrogens (tertiary/aromatic N) is 2.